The molecule has 5 rings (SSSR count). The second-order valence-electron chi connectivity index (χ2n) is 8.91. The molecule has 4 aromatic carbocycles. The minimum atomic E-state index is -0.431. The summed E-state index contributed by atoms with van der Waals surface area (Å²) in [5.74, 6) is 1.34. The van der Waals surface area contributed by atoms with Crippen molar-refractivity contribution in [2.75, 3.05) is 31.5 Å². The first-order chi connectivity index (χ1) is 20.0. The number of aromatic nitrogens is 3. The van der Waals surface area contributed by atoms with Gasteiger partial charge in [-0.2, -0.15) is 4.98 Å². The summed E-state index contributed by atoms with van der Waals surface area (Å²) in [7, 11) is 3.20. The lowest BCUT2D eigenvalue weighted by Gasteiger charge is -2.10. The molecule has 41 heavy (non-hydrogen) atoms. The van der Waals surface area contributed by atoms with Gasteiger partial charge in [0.2, 0.25) is 0 Å². The van der Waals surface area contributed by atoms with Gasteiger partial charge in [0.05, 0.1) is 32.1 Å². The van der Waals surface area contributed by atoms with Crippen molar-refractivity contribution in [2.45, 2.75) is 6.42 Å². The van der Waals surface area contributed by atoms with E-state index < -0.39 is 11.8 Å². The van der Waals surface area contributed by atoms with E-state index in [9.17, 15) is 9.18 Å². The minimum absolute atomic E-state index is 0.123. The monoisotopic (exact) mass is 553 g/mol. The van der Waals surface area contributed by atoms with E-state index in [1.807, 2.05) is 24.3 Å². The Balaban J connectivity index is 1.30. The molecule has 0 bridgehead atoms. The van der Waals surface area contributed by atoms with Crippen molar-refractivity contribution < 1.29 is 23.4 Å². The van der Waals surface area contributed by atoms with Crippen LogP contribution in [-0.2, 0) is 6.42 Å². The molecule has 0 aliphatic rings. The number of methoxy groups -OCH3 is 2. The van der Waals surface area contributed by atoms with Gasteiger partial charge in [-0.15, -0.1) is 5.10 Å². The van der Waals surface area contributed by atoms with E-state index in [2.05, 4.69) is 20.7 Å². The maximum absolute atomic E-state index is 14.8. The summed E-state index contributed by atoms with van der Waals surface area (Å²) in [5, 5.41) is 10.1. The van der Waals surface area contributed by atoms with Crippen molar-refractivity contribution >= 4 is 17.4 Å². The summed E-state index contributed by atoms with van der Waals surface area (Å²) < 4.78 is 32.4. The number of urea groups is 1. The Morgan fingerprint density at radius 2 is 1.39 bits per heavy atom. The van der Waals surface area contributed by atoms with Gasteiger partial charge >= 0.3 is 12.0 Å². The fraction of sp³-hybridized carbons (Fsp3) is 0.129. The van der Waals surface area contributed by atoms with Crippen LogP contribution in [0.1, 0.15) is 5.56 Å². The average Bonchev–Trinajstić information content (AvgIpc) is 3.42. The molecule has 0 fully saturated rings. The fourth-order valence-electron chi connectivity index (χ4n) is 4.06. The van der Waals surface area contributed by atoms with Crippen molar-refractivity contribution in [3.8, 4) is 34.6 Å². The number of hydrogen-bond acceptors (Lipinski definition) is 6. The molecule has 9 nitrogen and oxygen atoms in total. The molecule has 2 N–H and O–H groups in total. The predicted molar refractivity (Wildman–Crippen MR) is 155 cm³/mol. The standard InChI is InChI=1S/C31H28FN5O4/c1-39-25-15-7-21(8-16-25)19-20-41-31-35-29(27-5-3-4-6-28(27)32)37(36-31)24-13-9-22(10-14-24)33-30(38)34-23-11-17-26(40-2)18-12-23/h3-18H,19-20H2,1-2H3,(H2,33,34,38). The summed E-state index contributed by atoms with van der Waals surface area (Å²) in [6.45, 7) is 0.333. The minimum Gasteiger partial charge on any atom is -0.497 e. The summed E-state index contributed by atoms with van der Waals surface area (Å²) >= 11 is 0. The molecule has 0 saturated carbocycles. The highest BCUT2D eigenvalue weighted by Crippen LogP contribution is 2.27. The highest BCUT2D eigenvalue weighted by molar-refractivity contribution is 5.99. The lowest BCUT2D eigenvalue weighted by molar-refractivity contribution is 0.262. The van der Waals surface area contributed by atoms with E-state index >= 15 is 0 Å². The zero-order chi connectivity index (χ0) is 28.6. The van der Waals surface area contributed by atoms with Crippen LogP contribution in [0.4, 0.5) is 20.6 Å². The van der Waals surface area contributed by atoms with Gasteiger partial charge in [0.15, 0.2) is 5.82 Å². The third-order valence-corrected chi connectivity index (χ3v) is 6.20. The number of amides is 2. The molecular weight excluding hydrogens is 525 g/mol. The van der Waals surface area contributed by atoms with Gasteiger partial charge < -0.3 is 24.8 Å². The number of carbonyl (C=O) groups is 1. The number of halogens is 1. The first-order valence-corrected chi connectivity index (χ1v) is 12.8. The average molecular weight is 554 g/mol. The largest absolute Gasteiger partial charge is 0.497 e. The van der Waals surface area contributed by atoms with Gasteiger partial charge in [-0.1, -0.05) is 24.3 Å². The van der Waals surface area contributed by atoms with Crippen LogP contribution in [0.3, 0.4) is 0 Å². The highest BCUT2D eigenvalue weighted by Gasteiger charge is 2.18. The third-order valence-electron chi connectivity index (χ3n) is 6.20. The van der Waals surface area contributed by atoms with Crippen molar-refractivity contribution in [1.29, 1.82) is 0 Å². The summed E-state index contributed by atoms with van der Waals surface area (Å²) in [4.78, 5) is 16.9. The lowest BCUT2D eigenvalue weighted by Crippen LogP contribution is -2.19. The summed E-state index contributed by atoms with van der Waals surface area (Å²) in [6.07, 6.45) is 0.631. The molecule has 0 atom stereocenters. The molecule has 0 aliphatic heterocycles. The smallest absolute Gasteiger partial charge is 0.336 e. The summed E-state index contributed by atoms with van der Waals surface area (Å²) in [5.41, 5.74) is 3.14. The van der Waals surface area contributed by atoms with Crippen molar-refractivity contribution in [1.82, 2.24) is 14.8 Å². The Kier molecular flexibility index (Phi) is 8.39. The predicted octanol–water partition coefficient (Wildman–Crippen LogP) is 6.36. The topological polar surface area (TPSA) is 99.5 Å². The van der Waals surface area contributed by atoms with Crippen LogP contribution < -0.4 is 24.8 Å². The molecular formula is C31H28FN5O4. The third kappa shape index (κ3) is 6.80. The number of nitrogens with zero attached hydrogens (tertiary/aromatic N) is 3. The number of anilines is 2. The van der Waals surface area contributed by atoms with Gasteiger partial charge in [-0.05, 0) is 78.4 Å². The maximum Gasteiger partial charge on any atom is 0.336 e. The van der Waals surface area contributed by atoms with Crippen LogP contribution >= 0.6 is 0 Å². The van der Waals surface area contributed by atoms with E-state index in [0.29, 0.717) is 41.7 Å². The first-order valence-electron chi connectivity index (χ1n) is 12.8. The number of carbonyl (C=O) groups excluding carboxylic acids is 1. The van der Waals surface area contributed by atoms with Crippen LogP contribution in [0.25, 0.3) is 17.1 Å². The van der Waals surface area contributed by atoms with E-state index in [1.165, 1.54) is 10.7 Å². The fourth-order valence-corrected chi connectivity index (χ4v) is 4.06. The molecule has 10 heteroatoms. The first kappa shape index (κ1) is 27.2. The quantitative estimate of drug-likeness (QED) is 0.209. The van der Waals surface area contributed by atoms with E-state index in [4.69, 9.17) is 14.2 Å². The highest BCUT2D eigenvalue weighted by atomic mass is 19.1. The number of rotatable bonds is 10. The molecule has 0 aliphatic carbocycles. The number of benzene rings is 4. The Labute approximate surface area is 236 Å². The van der Waals surface area contributed by atoms with Crippen LogP contribution in [0, 0.1) is 5.82 Å². The van der Waals surface area contributed by atoms with Crippen LogP contribution in [0.2, 0.25) is 0 Å². The van der Waals surface area contributed by atoms with Gasteiger partial charge in [0, 0.05) is 17.8 Å². The van der Waals surface area contributed by atoms with Crippen molar-refractivity contribution in [2.24, 2.45) is 0 Å². The van der Waals surface area contributed by atoms with Gasteiger partial charge in [-0.25, -0.2) is 13.9 Å². The van der Waals surface area contributed by atoms with Gasteiger partial charge in [0.1, 0.15) is 17.3 Å². The summed E-state index contributed by atoms with van der Waals surface area (Å²) in [6, 6.07) is 27.7. The SMILES string of the molecule is COc1ccc(CCOc2nc(-c3ccccc3F)n(-c3ccc(NC(=O)Nc4ccc(OC)cc4)cc3)n2)cc1. The zero-order valence-corrected chi connectivity index (χ0v) is 22.5. The molecule has 0 unspecified atom stereocenters. The Morgan fingerprint density at radius 3 is 2.00 bits per heavy atom. The Hall–Kier alpha value is -5.38. The van der Waals surface area contributed by atoms with Gasteiger partial charge in [-0.3, -0.25) is 0 Å². The number of hydrogen-bond donors (Lipinski definition) is 2. The van der Waals surface area contributed by atoms with E-state index in [0.717, 1.165) is 11.3 Å². The molecule has 0 spiro atoms. The number of ether oxygens (including phenoxy) is 3. The van der Waals surface area contributed by atoms with Crippen LogP contribution in [-0.4, -0.2) is 41.6 Å². The van der Waals surface area contributed by atoms with Gasteiger partial charge in [0.25, 0.3) is 0 Å². The molecule has 1 heterocycles. The molecule has 0 saturated heterocycles. The van der Waals surface area contributed by atoms with Crippen LogP contribution in [0.5, 0.6) is 17.5 Å². The molecule has 5 aromatic rings. The second kappa shape index (κ2) is 12.6. The molecule has 0 radical (unpaired) electrons. The maximum atomic E-state index is 14.8. The van der Waals surface area contributed by atoms with Crippen molar-refractivity contribution in [3.05, 3.63) is 108 Å². The van der Waals surface area contributed by atoms with E-state index in [-0.39, 0.29) is 11.6 Å². The number of nitrogens with one attached hydrogen (secondary N) is 2. The molecule has 1 aromatic heterocycles. The lowest BCUT2D eigenvalue weighted by atomic mass is 10.1. The Bertz CT molecular complexity index is 1600. The normalized spacial score (nSPS) is 10.6. The second-order valence-corrected chi connectivity index (χ2v) is 8.91. The molecule has 208 valence electrons. The zero-order valence-electron chi connectivity index (χ0n) is 22.5. The van der Waals surface area contributed by atoms with Crippen molar-refractivity contribution in [3.63, 3.8) is 0 Å². The van der Waals surface area contributed by atoms with E-state index in [1.54, 1.807) is 80.9 Å². The molecule has 2 amide bonds. The Morgan fingerprint density at radius 1 is 0.805 bits per heavy atom. The van der Waals surface area contributed by atoms with Crippen LogP contribution in [0.15, 0.2) is 97.1 Å².